The van der Waals surface area contributed by atoms with Gasteiger partial charge in [0.05, 0.1) is 31.9 Å². The minimum atomic E-state index is -0.590. The smallest absolute Gasteiger partial charge is 0.407 e. The van der Waals surface area contributed by atoms with Crippen LogP contribution in [0.4, 0.5) is 4.79 Å². The average molecular weight is 524 g/mol. The summed E-state index contributed by atoms with van der Waals surface area (Å²) in [7, 11) is 0. The molecule has 0 aliphatic heterocycles. The fraction of sp³-hybridized carbons (Fsp3) is 0.250. The maximum absolute atomic E-state index is 12.6. The van der Waals surface area contributed by atoms with Gasteiger partial charge >= 0.3 is 6.09 Å². The highest BCUT2D eigenvalue weighted by atomic mass is 35.5. The van der Waals surface area contributed by atoms with E-state index in [-0.39, 0.29) is 18.9 Å². The molecule has 0 fully saturated rings. The van der Waals surface area contributed by atoms with Crippen molar-refractivity contribution in [2.45, 2.75) is 32.9 Å². The van der Waals surface area contributed by atoms with Gasteiger partial charge in [-0.3, -0.25) is 4.79 Å². The highest BCUT2D eigenvalue weighted by Gasteiger charge is 2.19. The molecular formula is C28H30ClN3O5. The van der Waals surface area contributed by atoms with Gasteiger partial charge in [0.2, 0.25) is 5.91 Å². The van der Waals surface area contributed by atoms with E-state index in [4.69, 9.17) is 25.8 Å². The molecule has 0 aliphatic carbocycles. The van der Waals surface area contributed by atoms with E-state index in [1.54, 1.807) is 25.1 Å². The van der Waals surface area contributed by atoms with Gasteiger partial charge < -0.3 is 19.5 Å². The van der Waals surface area contributed by atoms with Crippen molar-refractivity contribution in [2.75, 3.05) is 13.2 Å². The van der Waals surface area contributed by atoms with Crippen LogP contribution in [0.15, 0.2) is 77.9 Å². The number of hydrogen-bond acceptors (Lipinski definition) is 6. The Hall–Kier alpha value is -4.04. The zero-order valence-corrected chi connectivity index (χ0v) is 21.5. The van der Waals surface area contributed by atoms with E-state index in [1.807, 2.05) is 61.5 Å². The summed E-state index contributed by atoms with van der Waals surface area (Å²) < 4.78 is 16.6. The fourth-order valence-electron chi connectivity index (χ4n) is 3.43. The van der Waals surface area contributed by atoms with Crippen molar-refractivity contribution in [1.82, 2.24) is 10.7 Å². The fourth-order valence-corrected chi connectivity index (χ4v) is 3.62. The van der Waals surface area contributed by atoms with Gasteiger partial charge in [0.25, 0.3) is 0 Å². The van der Waals surface area contributed by atoms with Gasteiger partial charge in [-0.15, -0.1) is 0 Å². The number of ether oxygens (including phenoxy) is 3. The molecule has 0 saturated heterocycles. The van der Waals surface area contributed by atoms with Crippen LogP contribution in [0.25, 0.3) is 0 Å². The topological polar surface area (TPSA) is 98.2 Å². The zero-order chi connectivity index (χ0) is 26.5. The number of hydrazone groups is 1. The molecule has 2 amide bonds. The van der Waals surface area contributed by atoms with Crippen LogP contribution < -0.4 is 20.2 Å². The number of nitrogens with one attached hydrogen (secondary N) is 2. The molecule has 0 saturated carbocycles. The molecule has 0 spiro atoms. The second-order valence-electron chi connectivity index (χ2n) is 7.84. The van der Waals surface area contributed by atoms with Crippen LogP contribution >= 0.6 is 11.6 Å². The maximum Gasteiger partial charge on any atom is 0.407 e. The molecule has 0 aromatic heterocycles. The van der Waals surface area contributed by atoms with Crippen molar-refractivity contribution in [3.63, 3.8) is 0 Å². The van der Waals surface area contributed by atoms with Crippen molar-refractivity contribution in [2.24, 2.45) is 5.10 Å². The molecule has 0 heterocycles. The third-order valence-electron chi connectivity index (χ3n) is 5.17. The molecule has 0 unspecified atom stereocenters. The molecule has 0 radical (unpaired) electrons. The molecule has 8 nitrogen and oxygen atoms in total. The molecule has 9 heteroatoms. The van der Waals surface area contributed by atoms with Gasteiger partial charge in [0.1, 0.15) is 6.61 Å². The summed E-state index contributed by atoms with van der Waals surface area (Å²) in [6, 6.07) is 21.5. The van der Waals surface area contributed by atoms with Gasteiger partial charge in [-0.25, -0.2) is 10.2 Å². The van der Waals surface area contributed by atoms with Crippen LogP contribution in [0.1, 0.15) is 43.0 Å². The second-order valence-corrected chi connectivity index (χ2v) is 8.25. The lowest BCUT2D eigenvalue weighted by molar-refractivity contribution is -0.121. The Morgan fingerprint density at radius 2 is 1.70 bits per heavy atom. The van der Waals surface area contributed by atoms with E-state index >= 15 is 0 Å². The summed E-state index contributed by atoms with van der Waals surface area (Å²) in [5, 5.41) is 7.40. The van der Waals surface area contributed by atoms with Crippen molar-refractivity contribution < 1.29 is 23.8 Å². The average Bonchev–Trinajstić information content (AvgIpc) is 2.89. The molecule has 37 heavy (non-hydrogen) atoms. The summed E-state index contributed by atoms with van der Waals surface area (Å²) in [6.07, 6.45) is 0.904. The number of halogens is 1. The van der Waals surface area contributed by atoms with Gasteiger partial charge in [-0.2, -0.15) is 5.10 Å². The SMILES string of the molecule is CCOC(=O)N[C@@H](CC(=O)N/N=C\c1ccc(OCc2ccccc2Cl)c(OCC)c1)c1ccccc1. The summed E-state index contributed by atoms with van der Waals surface area (Å²) in [5.41, 5.74) is 4.86. The number of carbonyl (C=O) groups is 2. The third kappa shape index (κ3) is 8.84. The van der Waals surface area contributed by atoms with Crippen LogP contribution in [-0.4, -0.2) is 31.4 Å². The Bertz CT molecular complexity index is 1200. The Balaban J connectivity index is 1.62. The maximum atomic E-state index is 12.6. The normalized spacial score (nSPS) is 11.5. The molecule has 2 N–H and O–H groups in total. The van der Waals surface area contributed by atoms with Gasteiger partial charge in [0.15, 0.2) is 11.5 Å². The summed E-state index contributed by atoms with van der Waals surface area (Å²) in [6.45, 7) is 4.58. The first-order chi connectivity index (χ1) is 18.0. The number of amides is 2. The van der Waals surface area contributed by atoms with E-state index in [9.17, 15) is 9.59 Å². The summed E-state index contributed by atoms with van der Waals surface area (Å²) >= 11 is 6.21. The molecule has 3 aromatic rings. The van der Waals surface area contributed by atoms with Gasteiger partial charge in [-0.05, 0) is 49.2 Å². The Morgan fingerprint density at radius 3 is 2.43 bits per heavy atom. The molecule has 0 aliphatic rings. The number of nitrogens with zero attached hydrogens (tertiary/aromatic N) is 1. The first kappa shape index (κ1) is 27.5. The van der Waals surface area contributed by atoms with Crippen LogP contribution in [0.2, 0.25) is 5.02 Å². The molecule has 194 valence electrons. The Kier molecular flexibility index (Phi) is 10.8. The van der Waals surface area contributed by atoms with Gasteiger partial charge in [0, 0.05) is 10.6 Å². The first-order valence-electron chi connectivity index (χ1n) is 11.9. The number of rotatable bonds is 12. The number of benzene rings is 3. The lowest BCUT2D eigenvalue weighted by Gasteiger charge is -2.18. The molecule has 0 bridgehead atoms. The molecular weight excluding hydrogens is 494 g/mol. The lowest BCUT2D eigenvalue weighted by atomic mass is 10.0. The Labute approximate surface area is 221 Å². The third-order valence-corrected chi connectivity index (χ3v) is 5.54. The van der Waals surface area contributed by atoms with Crippen molar-refractivity contribution >= 4 is 29.8 Å². The standard InChI is InChI=1S/C28H30ClN3O5/c1-3-35-26-16-20(14-15-25(26)37-19-22-12-8-9-13-23(22)29)18-30-32-27(33)17-24(31-28(34)36-4-2)21-10-6-5-7-11-21/h5-16,18,24H,3-4,17,19H2,1-2H3,(H,31,34)(H,32,33)/b30-18-/t24-/m0/s1. The largest absolute Gasteiger partial charge is 0.490 e. The van der Waals surface area contributed by atoms with E-state index in [1.165, 1.54) is 6.21 Å². The highest BCUT2D eigenvalue weighted by Crippen LogP contribution is 2.29. The van der Waals surface area contributed by atoms with Crippen LogP contribution in [0, 0.1) is 0 Å². The van der Waals surface area contributed by atoms with E-state index in [2.05, 4.69) is 15.8 Å². The van der Waals surface area contributed by atoms with E-state index in [0.717, 1.165) is 11.1 Å². The Morgan fingerprint density at radius 1 is 0.946 bits per heavy atom. The van der Waals surface area contributed by atoms with Crippen molar-refractivity contribution in [1.29, 1.82) is 0 Å². The minimum Gasteiger partial charge on any atom is -0.490 e. The van der Waals surface area contributed by atoms with Crippen LogP contribution in [0.3, 0.4) is 0 Å². The second kappa shape index (κ2) is 14.5. The summed E-state index contributed by atoms with van der Waals surface area (Å²) in [4.78, 5) is 24.5. The summed E-state index contributed by atoms with van der Waals surface area (Å²) in [5.74, 6) is 0.748. The van der Waals surface area contributed by atoms with Crippen LogP contribution in [-0.2, 0) is 16.1 Å². The predicted octanol–water partition coefficient (Wildman–Crippen LogP) is 5.65. The number of alkyl carbamates (subject to hydrolysis) is 1. The predicted molar refractivity (Wildman–Crippen MR) is 143 cm³/mol. The van der Waals surface area contributed by atoms with E-state index in [0.29, 0.717) is 35.3 Å². The van der Waals surface area contributed by atoms with Crippen molar-refractivity contribution in [3.8, 4) is 11.5 Å². The monoisotopic (exact) mass is 523 g/mol. The number of carbonyl (C=O) groups excluding carboxylic acids is 2. The molecule has 3 rings (SSSR count). The minimum absolute atomic E-state index is 0.0147. The first-order valence-corrected chi connectivity index (χ1v) is 12.3. The van der Waals surface area contributed by atoms with E-state index < -0.39 is 12.1 Å². The zero-order valence-electron chi connectivity index (χ0n) is 20.8. The quantitative estimate of drug-likeness (QED) is 0.236. The highest BCUT2D eigenvalue weighted by molar-refractivity contribution is 6.31. The molecule has 1 atom stereocenters. The lowest BCUT2D eigenvalue weighted by Crippen LogP contribution is -2.33. The molecule has 3 aromatic carbocycles. The van der Waals surface area contributed by atoms with Crippen LogP contribution in [0.5, 0.6) is 11.5 Å². The van der Waals surface area contributed by atoms with Gasteiger partial charge in [-0.1, -0.05) is 60.1 Å². The van der Waals surface area contributed by atoms with Crippen molar-refractivity contribution in [3.05, 3.63) is 94.5 Å². The number of hydrogen-bond donors (Lipinski definition) is 2.